The Labute approximate surface area is 140 Å². The van der Waals surface area contributed by atoms with Crippen LogP contribution in [-0.4, -0.2) is 33.4 Å². The van der Waals surface area contributed by atoms with E-state index in [2.05, 4.69) is 16.5 Å². The van der Waals surface area contributed by atoms with Gasteiger partial charge in [-0.3, -0.25) is 0 Å². The average Bonchev–Trinajstić information content (AvgIpc) is 2.62. The number of nitrogens with two attached hydrogens (primary N) is 1. The monoisotopic (exact) mass is 326 g/mol. The number of aryl methyl sites for hydroxylation is 2. The van der Waals surface area contributed by atoms with E-state index in [0.29, 0.717) is 25.1 Å². The molecule has 6 nitrogen and oxygen atoms in total. The van der Waals surface area contributed by atoms with Gasteiger partial charge in [0.2, 0.25) is 0 Å². The highest BCUT2D eigenvalue weighted by Gasteiger charge is 2.14. The molecule has 0 aliphatic carbocycles. The molecule has 0 unspecified atom stereocenters. The van der Waals surface area contributed by atoms with Crippen LogP contribution in [0.5, 0.6) is 0 Å². The van der Waals surface area contributed by atoms with Gasteiger partial charge >= 0.3 is 0 Å². The third kappa shape index (κ3) is 3.17. The van der Waals surface area contributed by atoms with Crippen molar-refractivity contribution in [2.75, 3.05) is 18.6 Å². The zero-order valence-corrected chi connectivity index (χ0v) is 13.5. The summed E-state index contributed by atoms with van der Waals surface area (Å²) in [6.45, 7) is 0.233. The number of aromatic nitrogens is 2. The van der Waals surface area contributed by atoms with E-state index in [1.165, 1.54) is 0 Å². The Morgan fingerprint density at radius 1 is 1.00 bits per heavy atom. The first-order valence-corrected chi connectivity index (χ1v) is 8.18. The molecule has 1 aromatic heterocycles. The summed E-state index contributed by atoms with van der Waals surface area (Å²) in [7, 11) is 0. The van der Waals surface area contributed by atoms with Gasteiger partial charge in [0.05, 0.1) is 16.7 Å². The lowest BCUT2D eigenvalue weighted by molar-refractivity contribution is 0.288. The summed E-state index contributed by atoms with van der Waals surface area (Å²) in [5, 5.41) is 20.6. The van der Waals surface area contributed by atoms with Crippen LogP contribution in [0.4, 0.5) is 5.82 Å². The Kier molecular flexibility index (Phi) is 5.20. The predicted molar refractivity (Wildman–Crippen MR) is 95.7 cm³/mol. The quantitative estimate of drug-likeness (QED) is 0.300. The summed E-state index contributed by atoms with van der Waals surface area (Å²) in [6, 6.07) is 10.1. The van der Waals surface area contributed by atoms with Crippen LogP contribution in [0.1, 0.15) is 24.1 Å². The first-order valence-electron chi connectivity index (χ1n) is 8.18. The van der Waals surface area contributed by atoms with E-state index < -0.39 is 0 Å². The van der Waals surface area contributed by atoms with Gasteiger partial charge in [0.25, 0.3) is 0 Å². The highest BCUT2D eigenvalue weighted by atomic mass is 16.3. The minimum absolute atomic E-state index is 0.0961. The highest BCUT2D eigenvalue weighted by molar-refractivity contribution is 5.99. The fourth-order valence-corrected chi connectivity index (χ4v) is 3.02. The van der Waals surface area contributed by atoms with Gasteiger partial charge in [0.15, 0.2) is 5.82 Å². The van der Waals surface area contributed by atoms with Gasteiger partial charge in [-0.1, -0.05) is 24.3 Å². The van der Waals surface area contributed by atoms with Crippen LogP contribution in [0.15, 0.2) is 30.3 Å². The molecule has 0 saturated carbocycles. The first-order chi connectivity index (χ1) is 11.8. The predicted octanol–water partition coefficient (Wildman–Crippen LogP) is 1.92. The van der Waals surface area contributed by atoms with Crippen molar-refractivity contribution < 1.29 is 10.2 Å². The Morgan fingerprint density at radius 2 is 1.75 bits per heavy atom. The van der Waals surface area contributed by atoms with Crippen LogP contribution >= 0.6 is 0 Å². The molecule has 0 radical (unpaired) electrons. The van der Waals surface area contributed by atoms with E-state index in [1.807, 2.05) is 24.3 Å². The lowest BCUT2D eigenvalue weighted by atomic mass is 9.98. The summed E-state index contributed by atoms with van der Waals surface area (Å²) < 4.78 is 0. The Balaban J connectivity index is 2.25. The molecule has 24 heavy (non-hydrogen) atoms. The lowest BCUT2D eigenvalue weighted by Gasteiger charge is -2.14. The standard InChI is InChI=1S/C18H22N4O2/c19-22-18-15(8-4-10-24)20-17-14(7-3-9-23)13-6-2-1-5-12(13)11-16(17)21-18/h1-2,5-6,11,23-24H,3-4,7-10,19H2,(H,21,22). The average molecular weight is 326 g/mol. The molecule has 0 aliphatic heterocycles. The van der Waals surface area contributed by atoms with Gasteiger partial charge in [-0.15, -0.1) is 0 Å². The van der Waals surface area contributed by atoms with Crippen molar-refractivity contribution in [1.82, 2.24) is 9.97 Å². The molecule has 0 saturated heterocycles. The van der Waals surface area contributed by atoms with Gasteiger partial charge in [-0.05, 0) is 48.1 Å². The first kappa shape index (κ1) is 16.6. The number of nitrogens with zero attached hydrogens (tertiary/aromatic N) is 2. The largest absolute Gasteiger partial charge is 0.396 e. The number of nitrogen functional groups attached to an aromatic ring is 1. The summed E-state index contributed by atoms with van der Waals surface area (Å²) in [5.74, 6) is 6.14. The van der Waals surface area contributed by atoms with Crippen LogP contribution in [0.3, 0.4) is 0 Å². The lowest BCUT2D eigenvalue weighted by Crippen LogP contribution is -2.13. The normalized spacial score (nSPS) is 11.3. The van der Waals surface area contributed by atoms with Crippen molar-refractivity contribution >= 4 is 27.6 Å². The van der Waals surface area contributed by atoms with E-state index in [4.69, 9.17) is 15.9 Å². The maximum atomic E-state index is 9.23. The number of aliphatic hydroxyl groups is 2. The second-order valence-electron chi connectivity index (χ2n) is 5.76. The van der Waals surface area contributed by atoms with E-state index in [9.17, 15) is 5.11 Å². The summed E-state index contributed by atoms with van der Waals surface area (Å²) in [5.41, 5.74) is 6.08. The zero-order chi connectivity index (χ0) is 16.9. The molecular formula is C18H22N4O2. The number of hydrogen-bond acceptors (Lipinski definition) is 6. The Morgan fingerprint density at radius 3 is 2.50 bits per heavy atom. The van der Waals surface area contributed by atoms with Crippen molar-refractivity contribution in [2.45, 2.75) is 25.7 Å². The van der Waals surface area contributed by atoms with Gasteiger partial charge < -0.3 is 15.6 Å². The Bertz CT molecular complexity index is 851. The van der Waals surface area contributed by atoms with Crippen LogP contribution in [0.2, 0.25) is 0 Å². The molecular weight excluding hydrogens is 304 g/mol. The van der Waals surface area contributed by atoms with E-state index >= 15 is 0 Å². The summed E-state index contributed by atoms with van der Waals surface area (Å²) >= 11 is 0. The van der Waals surface area contributed by atoms with E-state index in [0.717, 1.165) is 39.5 Å². The second kappa shape index (κ2) is 7.53. The molecule has 0 spiro atoms. The maximum absolute atomic E-state index is 9.23. The van der Waals surface area contributed by atoms with Crippen LogP contribution in [0, 0.1) is 0 Å². The number of hydrazine groups is 1. The van der Waals surface area contributed by atoms with Gasteiger partial charge in [-0.2, -0.15) is 0 Å². The maximum Gasteiger partial charge on any atom is 0.162 e. The van der Waals surface area contributed by atoms with Crippen molar-refractivity contribution in [3.63, 3.8) is 0 Å². The van der Waals surface area contributed by atoms with Crippen molar-refractivity contribution in [1.29, 1.82) is 0 Å². The van der Waals surface area contributed by atoms with E-state index in [1.54, 1.807) is 0 Å². The molecule has 126 valence electrons. The number of rotatable bonds is 7. The van der Waals surface area contributed by atoms with Crippen LogP contribution in [0.25, 0.3) is 21.8 Å². The molecule has 3 aromatic rings. The van der Waals surface area contributed by atoms with Crippen molar-refractivity contribution in [2.24, 2.45) is 5.84 Å². The SMILES string of the molecule is NNc1nc2cc3ccccc3c(CCCO)c2nc1CCCO. The van der Waals surface area contributed by atoms with Crippen molar-refractivity contribution in [3.8, 4) is 0 Å². The number of nitrogens with one attached hydrogen (secondary N) is 1. The second-order valence-corrected chi connectivity index (χ2v) is 5.76. The fourth-order valence-electron chi connectivity index (χ4n) is 3.02. The molecule has 0 amide bonds. The van der Waals surface area contributed by atoms with Crippen LogP contribution < -0.4 is 11.3 Å². The van der Waals surface area contributed by atoms with E-state index in [-0.39, 0.29) is 13.2 Å². The highest BCUT2D eigenvalue weighted by Crippen LogP contribution is 2.29. The fraction of sp³-hybridized carbons (Fsp3) is 0.333. The molecule has 6 heteroatoms. The molecule has 2 aromatic carbocycles. The molecule has 5 N–H and O–H groups in total. The number of hydrogen-bond donors (Lipinski definition) is 4. The molecule has 3 rings (SSSR count). The molecule has 0 bridgehead atoms. The minimum Gasteiger partial charge on any atom is -0.396 e. The molecule has 0 fully saturated rings. The molecule has 0 aliphatic rings. The van der Waals surface area contributed by atoms with Gasteiger partial charge in [0.1, 0.15) is 0 Å². The third-order valence-corrected chi connectivity index (χ3v) is 4.15. The third-order valence-electron chi connectivity index (χ3n) is 4.15. The Hall–Kier alpha value is -2.28. The minimum atomic E-state index is 0.0961. The van der Waals surface area contributed by atoms with Gasteiger partial charge in [-0.25, -0.2) is 15.8 Å². The van der Waals surface area contributed by atoms with Crippen LogP contribution in [-0.2, 0) is 12.8 Å². The summed E-state index contributed by atoms with van der Waals surface area (Å²) in [4.78, 5) is 9.41. The number of anilines is 1. The smallest absolute Gasteiger partial charge is 0.162 e. The number of aliphatic hydroxyl groups excluding tert-OH is 2. The number of fused-ring (bicyclic) bond motifs is 2. The summed E-state index contributed by atoms with van der Waals surface area (Å²) in [6.07, 6.45) is 2.62. The zero-order valence-electron chi connectivity index (χ0n) is 13.5. The van der Waals surface area contributed by atoms with Crippen molar-refractivity contribution in [3.05, 3.63) is 41.6 Å². The molecule has 1 heterocycles. The van der Waals surface area contributed by atoms with Gasteiger partial charge in [0, 0.05) is 13.2 Å². The number of benzene rings is 2. The molecule has 0 atom stereocenters. The topological polar surface area (TPSA) is 104 Å².